The van der Waals surface area contributed by atoms with Gasteiger partial charge in [0.25, 0.3) is 0 Å². The number of rotatable bonds is 36. The average Bonchev–Trinajstić information content (AvgIpc) is 3.02. The summed E-state index contributed by atoms with van der Waals surface area (Å²) in [5.41, 5.74) is 0. The first-order valence-electron chi connectivity index (χ1n) is 19.7. The van der Waals surface area contributed by atoms with Crippen molar-refractivity contribution in [1.82, 2.24) is 5.32 Å². The van der Waals surface area contributed by atoms with Crippen LogP contribution in [0.1, 0.15) is 219 Å². The van der Waals surface area contributed by atoms with Gasteiger partial charge in [0.05, 0.1) is 6.61 Å². The Morgan fingerprint density at radius 3 is 1.18 bits per heavy atom. The lowest BCUT2D eigenvalue weighted by Gasteiger charge is -2.14. The number of carbonyl (C=O) groups excluding carboxylic acids is 2. The number of unbranched alkanes of at least 4 members (excludes halogenated alkanes) is 27. The smallest absolute Gasteiger partial charge is 0.326 e. The predicted molar refractivity (Wildman–Crippen MR) is 190 cm³/mol. The molecule has 0 aliphatic rings. The van der Waals surface area contributed by atoms with E-state index in [0.29, 0.717) is 13.0 Å². The minimum absolute atomic E-state index is 0.00874. The van der Waals surface area contributed by atoms with E-state index in [-0.39, 0.29) is 24.7 Å². The molecule has 0 saturated carbocycles. The van der Waals surface area contributed by atoms with Crippen LogP contribution < -0.4 is 5.32 Å². The Kier molecular flexibility index (Phi) is 34.0. The molecule has 0 spiro atoms. The molecule has 0 rings (SSSR count). The van der Waals surface area contributed by atoms with Crippen molar-refractivity contribution in [2.24, 2.45) is 0 Å². The van der Waals surface area contributed by atoms with Crippen LogP contribution in [0.25, 0.3) is 0 Å². The Morgan fingerprint density at radius 2 is 0.822 bits per heavy atom. The molecule has 2 N–H and O–H groups in total. The van der Waals surface area contributed by atoms with Gasteiger partial charge in [-0.05, 0) is 19.3 Å². The lowest BCUT2D eigenvalue weighted by atomic mass is 10.0. The standard InChI is InChI=1S/C39H75NO5/c1-3-5-7-9-11-13-15-17-19-20-22-24-26-28-30-32-37(41)40-36(39(43)44)33-34-38(42)45-35-31-29-27-25-23-21-18-16-14-12-10-8-6-4-2/h36H,3-35H2,1-2H3,(H,40,41)(H,43,44)/t36-/m0/s1. The van der Waals surface area contributed by atoms with E-state index in [9.17, 15) is 19.5 Å². The highest BCUT2D eigenvalue weighted by Crippen LogP contribution is 2.15. The van der Waals surface area contributed by atoms with Crippen LogP contribution in [-0.4, -0.2) is 35.6 Å². The molecular formula is C39H75NO5. The second-order valence-electron chi connectivity index (χ2n) is 13.5. The van der Waals surface area contributed by atoms with Gasteiger partial charge < -0.3 is 15.2 Å². The molecule has 0 aromatic rings. The van der Waals surface area contributed by atoms with E-state index in [1.807, 2.05) is 0 Å². The first-order chi connectivity index (χ1) is 22.0. The van der Waals surface area contributed by atoms with Gasteiger partial charge in [0.1, 0.15) is 6.04 Å². The summed E-state index contributed by atoms with van der Waals surface area (Å²) in [6.45, 7) is 4.91. The number of carbonyl (C=O) groups is 3. The van der Waals surface area contributed by atoms with Gasteiger partial charge in [-0.25, -0.2) is 4.79 Å². The highest BCUT2D eigenvalue weighted by Gasteiger charge is 2.21. The van der Waals surface area contributed by atoms with Crippen LogP contribution >= 0.6 is 0 Å². The summed E-state index contributed by atoms with van der Waals surface area (Å²) >= 11 is 0. The number of carboxylic acid groups (broad SMARTS) is 1. The van der Waals surface area contributed by atoms with Crippen LogP contribution in [0.4, 0.5) is 0 Å². The molecule has 0 aromatic carbocycles. The van der Waals surface area contributed by atoms with Crippen molar-refractivity contribution >= 4 is 17.8 Å². The molecule has 0 heterocycles. The monoisotopic (exact) mass is 638 g/mol. The highest BCUT2D eigenvalue weighted by molar-refractivity contribution is 5.84. The molecule has 0 radical (unpaired) electrons. The van der Waals surface area contributed by atoms with Crippen molar-refractivity contribution in [2.45, 2.75) is 225 Å². The number of amides is 1. The zero-order chi connectivity index (χ0) is 33.1. The summed E-state index contributed by atoms with van der Waals surface area (Å²) < 4.78 is 5.30. The number of ether oxygens (including phenoxy) is 1. The van der Waals surface area contributed by atoms with Crippen molar-refractivity contribution in [2.75, 3.05) is 6.61 Å². The molecule has 0 aliphatic carbocycles. The minimum atomic E-state index is -1.10. The van der Waals surface area contributed by atoms with Crippen molar-refractivity contribution in [3.8, 4) is 0 Å². The fourth-order valence-electron chi connectivity index (χ4n) is 6.00. The molecule has 1 atom stereocenters. The number of carboxylic acids is 1. The van der Waals surface area contributed by atoms with E-state index in [4.69, 9.17) is 4.74 Å². The largest absolute Gasteiger partial charge is 0.480 e. The van der Waals surface area contributed by atoms with Gasteiger partial charge in [0, 0.05) is 12.8 Å². The fourth-order valence-corrected chi connectivity index (χ4v) is 6.00. The van der Waals surface area contributed by atoms with Crippen LogP contribution in [0, 0.1) is 0 Å². The lowest BCUT2D eigenvalue weighted by Crippen LogP contribution is -2.41. The molecule has 0 unspecified atom stereocenters. The summed E-state index contributed by atoms with van der Waals surface area (Å²) in [5, 5.41) is 12.1. The first-order valence-corrected chi connectivity index (χ1v) is 19.7. The van der Waals surface area contributed by atoms with Crippen LogP contribution in [0.15, 0.2) is 0 Å². The molecular weight excluding hydrogens is 562 g/mol. The Labute approximate surface area is 279 Å². The van der Waals surface area contributed by atoms with Gasteiger partial charge in [-0.2, -0.15) is 0 Å². The molecule has 266 valence electrons. The van der Waals surface area contributed by atoms with Crippen molar-refractivity contribution < 1.29 is 24.2 Å². The SMILES string of the molecule is CCCCCCCCCCCCCCCCCC(=O)N[C@@H](CCC(=O)OCCCCCCCCCCCCCCCC)C(=O)O. The van der Waals surface area contributed by atoms with Crippen LogP contribution in [0.5, 0.6) is 0 Å². The van der Waals surface area contributed by atoms with Crippen LogP contribution in [0.2, 0.25) is 0 Å². The number of nitrogens with one attached hydrogen (secondary N) is 1. The molecule has 0 aliphatic heterocycles. The number of hydrogen-bond acceptors (Lipinski definition) is 4. The van der Waals surface area contributed by atoms with Gasteiger partial charge >= 0.3 is 11.9 Å². The van der Waals surface area contributed by atoms with Crippen molar-refractivity contribution in [1.29, 1.82) is 0 Å². The Balaban J connectivity index is 3.61. The summed E-state index contributed by atoms with van der Waals surface area (Å²) in [6, 6.07) is -1.04. The summed E-state index contributed by atoms with van der Waals surface area (Å²) in [4.78, 5) is 36.0. The number of hydrogen-bond donors (Lipinski definition) is 2. The molecule has 0 bridgehead atoms. The van der Waals surface area contributed by atoms with Crippen LogP contribution in [0.3, 0.4) is 0 Å². The molecule has 0 aromatic heterocycles. The lowest BCUT2D eigenvalue weighted by molar-refractivity contribution is -0.145. The summed E-state index contributed by atoms with van der Waals surface area (Å²) in [5.74, 6) is -1.72. The quantitative estimate of drug-likeness (QED) is 0.0526. The number of esters is 1. The maximum absolute atomic E-state index is 12.3. The predicted octanol–water partition coefficient (Wildman–Crippen LogP) is 11.6. The van der Waals surface area contributed by atoms with Gasteiger partial charge in [0.2, 0.25) is 5.91 Å². The van der Waals surface area contributed by atoms with Crippen LogP contribution in [-0.2, 0) is 19.1 Å². The minimum Gasteiger partial charge on any atom is -0.480 e. The topological polar surface area (TPSA) is 92.7 Å². The van der Waals surface area contributed by atoms with E-state index in [2.05, 4.69) is 19.2 Å². The van der Waals surface area contributed by atoms with E-state index in [1.54, 1.807) is 0 Å². The third-order valence-electron chi connectivity index (χ3n) is 9.04. The normalized spacial score (nSPS) is 11.9. The van der Waals surface area contributed by atoms with E-state index in [0.717, 1.165) is 32.1 Å². The molecule has 45 heavy (non-hydrogen) atoms. The van der Waals surface area contributed by atoms with Crippen molar-refractivity contribution in [3.05, 3.63) is 0 Å². The molecule has 0 saturated heterocycles. The van der Waals surface area contributed by atoms with E-state index < -0.39 is 12.0 Å². The second-order valence-corrected chi connectivity index (χ2v) is 13.5. The maximum Gasteiger partial charge on any atom is 0.326 e. The third-order valence-corrected chi connectivity index (χ3v) is 9.04. The molecule has 6 nitrogen and oxygen atoms in total. The average molecular weight is 638 g/mol. The second kappa shape index (κ2) is 35.3. The molecule has 1 amide bonds. The first kappa shape index (κ1) is 43.4. The summed E-state index contributed by atoms with van der Waals surface area (Å²) in [7, 11) is 0. The maximum atomic E-state index is 12.3. The number of aliphatic carboxylic acids is 1. The molecule has 0 fully saturated rings. The Morgan fingerprint density at radius 1 is 0.489 bits per heavy atom. The molecule has 6 heteroatoms. The zero-order valence-corrected chi connectivity index (χ0v) is 30.0. The fraction of sp³-hybridized carbons (Fsp3) is 0.923. The highest BCUT2D eigenvalue weighted by atomic mass is 16.5. The van der Waals surface area contributed by atoms with E-state index >= 15 is 0 Å². The Hall–Kier alpha value is -1.59. The van der Waals surface area contributed by atoms with Gasteiger partial charge in [-0.15, -0.1) is 0 Å². The van der Waals surface area contributed by atoms with Gasteiger partial charge in [0.15, 0.2) is 0 Å². The van der Waals surface area contributed by atoms with Gasteiger partial charge in [-0.3, -0.25) is 9.59 Å². The van der Waals surface area contributed by atoms with E-state index in [1.165, 1.54) is 154 Å². The third kappa shape index (κ3) is 33.6. The van der Waals surface area contributed by atoms with Crippen molar-refractivity contribution in [3.63, 3.8) is 0 Å². The Bertz CT molecular complexity index is 668. The summed E-state index contributed by atoms with van der Waals surface area (Å²) in [6.07, 6.45) is 37.3. The zero-order valence-electron chi connectivity index (χ0n) is 30.0. The van der Waals surface area contributed by atoms with Gasteiger partial charge in [-0.1, -0.05) is 187 Å².